The molecule has 0 unspecified atom stereocenters. The van der Waals surface area contributed by atoms with Crippen LogP contribution in [-0.4, -0.2) is 9.97 Å². The molecule has 2 nitrogen and oxygen atoms in total. The number of rotatable bonds is 2. The van der Waals surface area contributed by atoms with Gasteiger partial charge in [0, 0.05) is 15.6 Å². The van der Waals surface area contributed by atoms with Gasteiger partial charge in [0.05, 0.1) is 15.9 Å². The van der Waals surface area contributed by atoms with E-state index in [9.17, 15) is 0 Å². The lowest BCUT2D eigenvalue weighted by atomic mass is 9.71. The molecule has 0 radical (unpaired) electrons. The van der Waals surface area contributed by atoms with Crippen molar-refractivity contribution in [1.82, 2.24) is 9.97 Å². The third-order valence-electron chi connectivity index (χ3n) is 7.11. The van der Waals surface area contributed by atoms with Gasteiger partial charge >= 0.3 is 0 Å². The first-order valence-corrected chi connectivity index (χ1v) is 12.1. The van der Waals surface area contributed by atoms with Gasteiger partial charge in [0.15, 0.2) is 0 Å². The van der Waals surface area contributed by atoms with Crippen LogP contribution < -0.4 is 0 Å². The summed E-state index contributed by atoms with van der Waals surface area (Å²) >= 11 is 1.84. The van der Waals surface area contributed by atoms with Gasteiger partial charge in [-0.15, -0.1) is 11.3 Å². The second-order valence-corrected chi connectivity index (χ2v) is 10.8. The molecule has 5 aromatic rings. The van der Waals surface area contributed by atoms with E-state index < -0.39 is 0 Å². The molecule has 1 saturated carbocycles. The summed E-state index contributed by atoms with van der Waals surface area (Å²) < 4.78 is 2.52. The van der Waals surface area contributed by atoms with Crippen molar-refractivity contribution in [2.75, 3.05) is 0 Å². The molecule has 2 heterocycles. The third-order valence-corrected chi connectivity index (χ3v) is 8.26. The highest BCUT2D eigenvalue weighted by molar-refractivity contribution is 7.26. The SMILES string of the molecule is CC1(C)CCC(c2ccc3c(c2)sc2c(-c4ccc5ccccc5c4)ncnc23)CC1. The maximum Gasteiger partial charge on any atom is 0.116 e. The van der Waals surface area contributed by atoms with Crippen LogP contribution in [0.4, 0.5) is 0 Å². The normalized spacial score (nSPS) is 17.0. The molecule has 0 amide bonds. The summed E-state index contributed by atoms with van der Waals surface area (Å²) in [6.45, 7) is 4.82. The van der Waals surface area contributed by atoms with Crippen LogP contribution >= 0.6 is 11.3 Å². The fourth-order valence-electron chi connectivity index (χ4n) is 5.12. The predicted octanol–water partition coefficient (Wildman–Crippen LogP) is 8.35. The van der Waals surface area contributed by atoms with Gasteiger partial charge in [-0.25, -0.2) is 9.97 Å². The number of hydrogen-bond acceptors (Lipinski definition) is 3. The van der Waals surface area contributed by atoms with Crippen LogP contribution in [0.1, 0.15) is 51.0 Å². The Morgan fingerprint density at radius 2 is 1.68 bits per heavy atom. The molecule has 0 saturated heterocycles. The molecule has 0 spiro atoms. The van der Waals surface area contributed by atoms with Crippen LogP contribution in [0, 0.1) is 5.41 Å². The van der Waals surface area contributed by atoms with Gasteiger partial charge in [-0.2, -0.15) is 0 Å². The first-order valence-electron chi connectivity index (χ1n) is 11.2. The lowest BCUT2D eigenvalue weighted by molar-refractivity contribution is 0.224. The molecule has 1 fully saturated rings. The second kappa shape index (κ2) is 7.13. The molecule has 154 valence electrons. The first kappa shape index (κ1) is 18.9. The summed E-state index contributed by atoms with van der Waals surface area (Å²) in [4.78, 5) is 9.39. The van der Waals surface area contributed by atoms with Crippen molar-refractivity contribution in [3.8, 4) is 11.3 Å². The van der Waals surface area contributed by atoms with E-state index in [1.54, 1.807) is 6.33 Å². The number of thiophene rings is 1. The Balaban J connectivity index is 1.45. The van der Waals surface area contributed by atoms with Gasteiger partial charge in [0.2, 0.25) is 0 Å². The van der Waals surface area contributed by atoms with Gasteiger partial charge < -0.3 is 0 Å². The van der Waals surface area contributed by atoms with Gasteiger partial charge in [0.25, 0.3) is 0 Å². The highest BCUT2D eigenvalue weighted by Crippen LogP contribution is 2.44. The highest BCUT2D eigenvalue weighted by Gasteiger charge is 2.28. The molecule has 6 rings (SSSR count). The fourth-order valence-corrected chi connectivity index (χ4v) is 6.34. The predicted molar refractivity (Wildman–Crippen MR) is 133 cm³/mol. The molecule has 3 aromatic carbocycles. The van der Waals surface area contributed by atoms with Crippen LogP contribution in [0.25, 0.3) is 42.3 Å². The molecule has 1 aliphatic rings. The van der Waals surface area contributed by atoms with Crippen molar-refractivity contribution in [2.45, 2.75) is 45.4 Å². The minimum atomic E-state index is 0.503. The van der Waals surface area contributed by atoms with Crippen LogP contribution in [0.5, 0.6) is 0 Å². The summed E-state index contributed by atoms with van der Waals surface area (Å²) in [6.07, 6.45) is 6.95. The van der Waals surface area contributed by atoms with E-state index in [2.05, 4.69) is 79.5 Å². The molecule has 0 N–H and O–H groups in total. The van der Waals surface area contributed by atoms with Crippen LogP contribution in [0.15, 0.2) is 67.0 Å². The molecule has 1 aliphatic carbocycles. The van der Waals surface area contributed by atoms with Crippen molar-refractivity contribution in [3.05, 3.63) is 72.6 Å². The summed E-state index contributed by atoms with van der Waals surface area (Å²) in [5, 5.41) is 3.76. The molecule has 0 atom stereocenters. The third kappa shape index (κ3) is 3.32. The second-order valence-electron chi connectivity index (χ2n) is 9.76. The van der Waals surface area contributed by atoms with Crippen molar-refractivity contribution in [3.63, 3.8) is 0 Å². The van der Waals surface area contributed by atoms with Crippen molar-refractivity contribution < 1.29 is 0 Å². The van der Waals surface area contributed by atoms with Crippen molar-refractivity contribution >= 4 is 42.4 Å². The average Bonchev–Trinajstić information content (AvgIpc) is 3.16. The zero-order valence-corrected chi connectivity index (χ0v) is 18.9. The highest BCUT2D eigenvalue weighted by atomic mass is 32.1. The summed E-state index contributed by atoms with van der Waals surface area (Å²) in [6, 6.07) is 22.2. The van der Waals surface area contributed by atoms with E-state index in [-0.39, 0.29) is 0 Å². The Bertz CT molecular complexity index is 1420. The van der Waals surface area contributed by atoms with E-state index in [1.165, 1.54) is 56.8 Å². The van der Waals surface area contributed by atoms with Crippen molar-refractivity contribution in [2.24, 2.45) is 5.41 Å². The van der Waals surface area contributed by atoms with Gasteiger partial charge in [0.1, 0.15) is 6.33 Å². The zero-order valence-electron chi connectivity index (χ0n) is 18.1. The van der Waals surface area contributed by atoms with Crippen LogP contribution in [-0.2, 0) is 0 Å². The smallest absolute Gasteiger partial charge is 0.116 e. The van der Waals surface area contributed by atoms with E-state index in [1.807, 2.05) is 11.3 Å². The van der Waals surface area contributed by atoms with E-state index in [0.717, 1.165) is 16.8 Å². The number of fused-ring (bicyclic) bond motifs is 4. The minimum Gasteiger partial charge on any atom is -0.235 e. The molecule has 3 heteroatoms. The lowest BCUT2D eigenvalue weighted by Gasteiger charge is -2.34. The lowest BCUT2D eigenvalue weighted by Crippen LogP contribution is -2.20. The Kier molecular flexibility index (Phi) is 4.36. The number of benzene rings is 3. The topological polar surface area (TPSA) is 25.8 Å². The van der Waals surface area contributed by atoms with Crippen LogP contribution in [0.3, 0.4) is 0 Å². The van der Waals surface area contributed by atoms with Crippen LogP contribution in [0.2, 0.25) is 0 Å². The first-order chi connectivity index (χ1) is 15.1. The largest absolute Gasteiger partial charge is 0.235 e. The van der Waals surface area contributed by atoms with Crippen molar-refractivity contribution in [1.29, 1.82) is 0 Å². The molecule has 2 aromatic heterocycles. The summed E-state index contributed by atoms with van der Waals surface area (Å²) in [5.74, 6) is 0.689. The van der Waals surface area contributed by atoms with Gasteiger partial charge in [-0.05, 0) is 65.5 Å². The Hall–Kier alpha value is -2.78. The van der Waals surface area contributed by atoms with E-state index in [0.29, 0.717) is 11.3 Å². The summed E-state index contributed by atoms with van der Waals surface area (Å²) in [7, 11) is 0. The maximum atomic E-state index is 4.71. The van der Waals surface area contributed by atoms with E-state index in [4.69, 9.17) is 4.98 Å². The zero-order chi connectivity index (χ0) is 21.0. The molecular formula is C28H26N2S. The monoisotopic (exact) mass is 422 g/mol. The fraction of sp³-hybridized carbons (Fsp3) is 0.286. The number of hydrogen-bond donors (Lipinski definition) is 0. The molecule has 0 bridgehead atoms. The molecule has 31 heavy (non-hydrogen) atoms. The van der Waals surface area contributed by atoms with E-state index >= 15 is 0 Å². The average molecular weight is 423 g/mol. The maximum absolute atomic E-state index is 4.71. The Morgan fingerprint density at radius 1 is 0.871 bits per heavy atom. The Labute approximate surface area is 187 Å². The molecular weight excluding hydrogens is 396 g/mol. The number of aromatic nitrogens is 2. The van der Waals surface area contributed by atoms with Gasteiger partial charge in [-0.1, -0.05) is 62.4 Å². The Morgan fingerprint density at radius 3 is 2.52 bits per heavy atom. The standard InChI is InChI=1S/C28H26N2S/c1-28(2)13-11-19(12-14-28)21-9-10-23-24(16-21)31-27-25(29-17-30-26(23)27)22-8-7-18-5-3-4-6-20(18)15-22/h3-10,15-17,19H,11-14H2,1-2H3. The summed E-state index contributed by atoms with van der Waals surface area (Å²) in [5.41, 5.74) is 5.28. The van der Waals surface area contributed by atoms with Gasteiger partial charge in [-0.3, -0.25) is 0 Å². The molecule has 0 aliphatic heterocycles. The quantitative estimate of drug-likeness (QED) is 0.286. The minimum absolute atomic E-state index is 0.503. The number of nitrogens with zero attached hydrogens (tertiary/aromatic N) is 2.